The third kappa shape index (κ3) is 2.66. The minimum absolute atomic E-state index is 0.0573. The summed E-state index contributed by atoms with van der Waals surface area (Å²) < 4.78 is 0. The summed E-state index contributed by atoms with van der Waals surface area (Å²) in [5, 5.41) is 3.39. The van der Waals surface area contributed by atoms with Crippen LogP contribution in [0.4, 0.5) is 5.69 Å². The van der Waals surface area contributed by atoms with Gasteiger partial charge in [-0.25, -0.2) is 0 Å². The highest BCUT2D eigenvalue weighted by Gasteiger charge is 2.36. The fraction of sp³-hybridized carbons (Fsp3) is 0.611. The molecular formula is C18H26N2O. The number of benzene rings is 1. The molecule has 2 heterocycles. The molecule has 3 heteroatoms. The standard InChI is InChI=1S/C18H26N2O/c1-3-18(4-2)9-11-20(12-10-18)17(21)16-13-14-7-5-6-8-15(14)19-16/h5-8,16,19H,3-4,9-13H2,1-2H3/t16-/m0/s1. The molecular weight excluding hydrogens is 260 g/mol. The molecule has 1 N–H and O–H groups in total. The zero-order chi connectivity index (χ0) is 14.9. The number of para-hydroxylation sites is 1. The first-order valence-electron chi connectivity index (χ1n) is 8.31. The first kappa shape index (κ1) is 14.4. The number of amides is 1. The lowest BCUT2D eigenvalue weighted by molar-refractivity contribution is -0.134. The van der Waals surface area contributed by atoms with Gasteiger partial charge >= 0.3 is 0 Å². The van der Waals surface area contributed by atoms with Crippen LogP contribution in [0.1, 0.15) is 45.1 Å². The van der Waals surface area contributed by atoms with Crippen LogP contribution in [0.5, 0.6) is 0 Å². The second kappa shape index (κ2) is 5.70. The van der Waals surface area contributed by atoms with Crippen molar-refractivity contribution in [3.8, 4) is 0 Å². The normalized spacial score (nSPS) is 23.5. The van der Waals surface area contributed by atoms with Gasteiger partial charge in [0.2, 0.25) is 5.91 Å². The van der Waals surface area contributed by atoms with Gasteiger partial charge in [-0.2, -0.15) is 0 Å². The maximum atomic E-state index is 12.7. The number of hydrogen-bond donors (Lipinski definition) is 1. The molecule has 1 saturated heterocycles. The van der Waals surface area contributed by atoms with E-state index in [1.807, 2.05) is 12.1 Å². The van der Waals surface area contributed by atoms with Crippen LogP contribution in [0.15, 0.2) is 24.3 Å². The summed E-state index contributed by atoms with van der Waals surface area (Å²) in [7, 11) is 0. The first-order chi connectivity index (χ1) is 10.2. The smallest absolute Gasteiger partial charge is 0.245 e. The van der Waals surface area contributed by atoms with Gasteiger partial charge in [0.15, 0.2) is 0 Å². The number of rotatable bonds is 3. The lowest BCUT2D eigenvalue weighted by Gasteiger charge is -2.41. The number of piperidine rings is 1. The topological polar surface area (TPSA) is 32.3 Å². The summed E-state index contributed by atoms with van der Waals surface area (Å²) in [5.74, 6) is 0.284. The van der Waals surface area contributed by atoms with E-state index >= 15 is 0 Å². The van der Waals surface area contributed by atoms with Gasteiger partial charge in [-0.3, -0.25) is 4.79 Å². The molecule has 2 aliphatic rings. The van der Waals surface area contributed by atoms with Gasteiger partial charge < -0.3 is 10.2 Å². The van der Waals surface area contributed by atoms with E-state index in [1.54, 1.807) is 0 Å². The van der Waals surface area contributed by atoms with Crippen LogP contribution in [0.25, 0.3) is 0 Å². The van der Waals surface area contributed by atoms with Crippen molar-refractivity contribution in [2.24, 2.45) is 5.41 Å². The summed E-state index contributed by atoms with van der Waals surface area (Å²) in [6.07, 6.45) is 5.62. The van der Waals surface area contributed by atoms with Crippen LogP contribution in [-0.2, 0) is 11.2 Å². The summed E-state index contributed by atoms with van der Waals surface area (Å²) in [4.78, 5) is 14.8. The Morgan fingerprint density at radius 1 is 1.24 bits per heavy atom. The van der Waals surface area contributed by atoms with Crippen LogP contribution >= 0.6 is 0 Å². The second-order valence-electron chi connectivity index (χ2n) is 6.59. The molecule has 1 aromatic carbocycles. The summed E-state index contributed by atoms with van der Waals surface area (Å²) in [6.45, 7) is 6.43. The fourth-order valence-electron chi connectivity index (χ4n) is 3.83. The number of carbonyl (C=O) groups excluding carboxylic acids is 1. The van der Waals surface area contributed by atoms with E-state index in [9.17, 15) is 4.79 Å². The highest BCUT2D eigenvalue weighted by atomic mass is 16.2. The Hall–Kier alpha value is -1.51. The number of nitrogens with zero attached hydrogens (tertiary/aromatic N) is 1. The number of anilines is 1. The molecule has 0 aliphatic carbocycles. The van der Waals surface area contributed by atoms with Gasteiger partial charge in [-0.15, -0.1) is 0 Å². The number of likely N-dealkylation sites (tertiary alicyclic amines) is 1. The highest BCUT2D eigenvalue weighted by Crippen LogP contribution is 2.38. The molecule has 21 heavy (non-hydrogen) atoms. The lowest BCUT2D eigenvalue weighted by atomic mass is 9.74. The average Bonchev–Trinajstić information content (AvgIpc) is 2.98. The summed E-state index contributed by atoms with van der Waals surface area (Å²) in [5.41, 5.74) is 2.87. The zero-order valence-corrected chi connectivity index (χ0v) is 13.2. The monoisotopic (exact) mass is 286 g/mol. The molecule has 0 aromatic heterocycles. The number of hydrogen-bond acceptors (Lipinski definition) is 2. The lowest BCUT2D eigenvalue weighted by Crippen LogP contribution is -2.48. The molecule has 0 bridgehead atoms. The van der Waals surface area contributed by atoms with Crippen LogP contribution < -0.4 is 5.32 Å². The van der Waals surface area contributed by atoms with Crippen molar-refractivity contribution < 1.29 is 4.79 Å². The van der Waals surface area contributed by atoms with Crippen molar-refractivity contribution in [1.29, 1.82) is 0 Å². The Morgan fingerprint density at radius 3 is 2.52 bits per heavy atom. The highest BCUT2D eigenvalue weighted by molar-refractivity contribution is 5.87. The number of nitrogens with one attached hydrogen (secondary N) is 1. The molecule has 1 fully saturated rings. The van der Waals surface area contributed by atoms with Gasteiger partial charge in [0.1, 0.15) is 6.04 Å². The van der Waals surface area contributed by atoms with Gasteiger partial charge in [0.05, 0.1) is 0 Å². The third-order valence-electron chi connectivity index (χ3n) is 5.71. The number of carbonyl (C=O) groups is 1. The van der Waals surface area contributed by atoms with Crippen molar-refractivity contribution in [1.82, 2.24) is 4.90 Å². The predicted octanol–water partition coefficient (Wildman–Crippen LogP) is 3.45. The Morgan fingerprint density at radius 2 is 1.90 bits per heavy atom. The van der Waals surface area contributed by atoms with E-state index < -0.39 is 0 Å². The Bertz CT molecular complexity index is 487. The Labute approximate surface area is 127 Å². The van der Waals surface area contributed by atoms with Crippen LogP contribution in [0, 0.1) is 5.41 Å². The Kier molecular flexibility index (Phi) is 3.92. The van der Waals surface area contributed by atoms with E-state index in [-0.39, 0.29) is 11.9 Å². The zero-order valence-electron chi connectivity index (χ0n) is 13.2. The number of fused-ring (bicyclic) bond motifs is 1. The van der Waals surface area contributed by atoms with Crippen molar-refractivity contribution >= 4 is 11.6 Å². The molecule has 0 saturated carbocycles. The second-order valence-corrected chi connectivity index (χ2v) is 6.59. The Balaban J connectivity index is 1.61. The SMILES string of the molecule is CCC1(CC)CCN(C(=O)[C@@H]2Cc3ccccc3N2)CC1. The molecule has 1 amide bonds. The van der Waals surface area contributed by atoms with Gasteiger partial charge in [0, 0.05) is 25.2 Å². The van der Waals surface area contributed by atoms with E-state index in [0.29, 0.717) is 5.41 Å². The van der Waals surface area contributed by atoms with E-state index in [4.69, 9.17) is 0 Å². The molecule has 1 aromatic rings. The molecule has 0 radical (unpaired) electrons. The van der Waals surface area contributed by atoms with Crippen LogP contribution in [0.3, 0.4) is 0 Å². The fourth-order valence-corrected chi connectivity index (χ4v) is 3.83. The van der Waals surface area contributed by atoms with Gasteiger partial charge in [-0.05, 0) is 29.9 Å². The van der Waals surface area contributed by atoms with Crippen LogP contribution in [0.2, 0.25) is 0 Å². The van der Waals surface area contributed by atoms with Gasteiger partial charge in [0.25, 0.3) is 0 Å². The van der Waals surface area contributed by atoms with Crippen molar-refractivity contribution in [2.45, 2.75) is 52.0 Å². The predicted molar refractivity (Wildman–Crippen MR) is 86.4 cm³/mol. The molecule has 0 spiro atoms. The summed E-state index contributed by atoms with van der Waals surface area (Å²) in [6, 6.07) is 8.20. The van der Waals surface area contributed by atoms with E-state index in [2.05, 4.69) is 36.2 Å². The molecule has 114 valence electrons. The third-order valence-corrected chi connectivity index (χ3v) is 5.71. The van der Waals surface area contributed by atoms with E-state index in [1.165, 1.54) is 18.4 Å². The molecule has 2 aliphatic heterocycles. The minimum Gasteiger partial charge on any atom is -0.373 e. The molecule has 3 nitrogen and oxygen atoms in total. The summed E-state index contributed by atoms with van der Waals surface area (Å²) >= 11 is 0. The first-order valence-corrected chi connectivity index (χ1v) is 8.31. The largest absolute Gasteiger partial charge is 0.373 e. The van der Waals surface area contributed by atoms with Crippen molar-refractivity contribution in [3.63, 3.8) is 0 Å². The van der Waals surface area contributed by atoms with E-state index in [0.717, 1.165) is 38.0 Å². The average molecular weight is 286 g/mol. The van der Waals surface area contributed by atoms with Crippen LogP contribution in [-0.4, -0.2) is 29.9 Å². The van der Waals surface area contributed by atoms with Gasteiger partial charge in [-0.1, -0.05) is 44.9 Å². The maximum Gasteiger partial charge on any atom is 0.245 e. The molecule has 3 rings (SSSR count). The maximum absolute atomic E-state index is 12.7. The quantitative estimate of drug-likeness (QED) is 0.923. The minimum atomic E-state index is -0.0573. The molecule has 1 atom stereocenters. The van der Waals surface area contributed by atoms with Crippen molar-refractivity contribution in [2.75, 3.05) is 18.4 Å². The van der Waals surface area contributed by atoms with Crippen molar-refractivity contribution in [3.05, 3.63) is 29.8 Å². The molecule has 0 unspecified atom stereocenters.